The minimum absolute atomic E-state index is 0.297. The zero-order valence-electron chi connectivity index (χ0n) is 14.0. The van der Waals surface area contributed by atoms with E-state index in [2.05, 4.69) is 17.0 Å². The van der Waals surface area contributed by atoms with E-state index in [0.717, 1.165) is 36.5 Å². The highest BCUT2D eigenvalue weighted by Gasteiger charge is 2.23. The minimum atomic E-state index is -0.297. The van der Waals surface area contributed by atoms with Crippen molar-refractivity contribution in [1.29, 1.82) is 0 Å². The Bertz CT molecular complexity index is 742. The van der Waals surface area contributed by atoms with Gasteiger partial charge in [-0.05, 0) is 42.9 Å². The molecule has 3 nitrogen and oxygen atoms in total. The molecular weight excluding hydrogens is 327 g/mol. The number of nitrogen functional groups attached to an aromatic ring is 1. The quantitative estimate of drug-likeness (QED) is 0.812. The van der Waals surface area contributed by atoms with Crippen molar-refractivity contribution in [2.24, 2.45) is 0 Å². The van der Waals surface area contributed by atoms with Crippen molar-refractivity contribution in [3.05, 3.63) is 52.3 Å². The van der Waals surface area contributed by atoms with Crippen LogP contribution in [0.2, 0.25) is 5.02 Å². The summed E-state index contributed by atoms with van der Waals surface area (Å²) in [6.07, 6.45) is 1.96. The molecule has 0 saturated carbocycles. The summed E-state index contributed by atoms with van der Waals surface area (Å²) in [5.41, 5.74) is 9.06. The summed E-state index contributed by atoms with van der Waals surface area (Å²) >= 11 is 6.11. The van der Waals surface area contributed by atoms with Gasteiger partial charge in [0.05, 0.1) is 18.5 Å². The Hall–Kier alpha value is -1.94. The van der Waals surface area contributed by atoms with Crippen LogP contribution in [0.4, 0.5) is 15.8 Å². The maximum atomic E-state index is 14.3. The third kappa shape index (κ3) is 3.29. The highest BCUT2D eigenvalue weighted by Crippen LogP contribution is 2.35. The average molecular weight is 349 g/mol. The van der Waals surface area contributed by atoms with Crippen LogP contribution in [0.5, 0.6) is 5.75 Å². The second-order valence-corrected chi connectivity index (χ2v) is 6.72. The van der Waals surface area contributed by atoms with E-state index in [-0.39, 0.29) is 5.82 Å². The summed E-state index contributed by atoms with van der Waals surface area (Å²) in [6.45, 7) is 3.63. The fourth-order valence-corrected chi connectivity index (χ4v) is 3.47. The predicted octanol–water partition coefficient (Wildman–Crippen LogP) is 4.76. The summed E-state index contributed by atoms with van der Waals surface area (Å²) in [5, 5.41) is 0.798. The molecule has 128 valence electrons. The van der Waals surface area contributed by atoms with Crippen LogP contribution >= 0.6 is 11.6 Å². The molecule has 3 rings (SSSR count). The van der Waals surface area contributed by atoms with Gasteiger partial charge in [0.15, 0.2) is 0 Å². The van der Waals surface area contributed by atoms with Crippen LogP contribution in [-0.4, -0.2) is 20.2 Å². The van der Waals surface area contributed by atoms with Crippen molar-refractivity contribution >= 4 is 23.0 Å². The third-order valence-corrected chi connectivity index (χ3v) is 5.21. The molecule has 0 bridgehead atoms. The summed E-state index contributed by atoms with van der Waals surface area (Å²) in [4.78, 5) is 2.07. The lowest BCUT2D eigenvalue weighted by atomic mass is 9.88. The monoisotopic (exact) mass is 348 g/mol. The number of hydrogen-bond donors (Lipinski definition) is 1. The SMILES string of the molecule is COc1cc(N2CCC(c3ccc(Cl)c(C)c3)CC2)c(F)cc1N. The van der Waals surface area contributed by atoms with Crippen molar-refractivity contribution in [2.75, 3.05) is 30.8 Å². The number of nitrogens with two attached hydrogens (primary N) is 1. The summed E-state index contributed by atoms with van der Waals surface area (Å²) < 4.78 is 19.5. The van der Waals surface area contributed by atoms with Crippen molar-refractivity contribution in [3.8, 4) is 5.75 Å². The zero-order valence-corrected chi connectivity index (χ0v) is 14.7. The summed E-state index contributed by atoms with van der Waals surface area (Å²) in [5.74, 6) is 0.701. The third-order valence-electron chi connectivity index (χ3n) is 4.79. The number of nitrogens with zero attached hydrogens (tertiary/aromatic N) is 1. The summed E-state index contributed by atoms with van der Waals surface area (Å²) in [7, 11) is 1.54. The maximum absolute atomic E-state index is 14.3. The second kappa shape index (κ2) is 6.89. The lowest BCUT2D eigenvalue weighted by Crippen LogP contribution is -2.33. The lowest BCUT2D eigenvalue weighted by Gasteiger charge is -2.34. The van der Waals surface area contributed by atoms with Gasteiger partial charge in [0, 0.05) is 30.2 Å². The first kappa shape index (κ1) is 16.9. The molecule has 0 atom stereocenters. The number of piperidine rings is 1. The van der Waals surface area contributed by atoms with E-state index in [1.54, 1.807) is 13.2 Å². The molecule has 1 aliphatic heterocycles. The smallest absolute Gasteiger partial charge is 0.148 e. The van der Waals surface area contributed by atoms with Gasteiger partial charge in [-0.1, -0.05) is 23.7 Å². The van der Waals surface area contributed by atoms with Gasteiger partial charge in [0.2, 0.25) is 0 Å². The normalized spacial score (nSPS) is 15.6. The molecule has 2 aromatic carbocycles. The fourth-order valence-electron chi connectivity index (χ4n) is 3.35. The Balaban J connectivity index is 1.74. The molecule has 1 saturated heterocycles. The topological polar surface area (TPSA) is 38.5 Å². The van der Waals surface area contributed by atoms with E-state index >= 15 is 0 Å². The largest absolute Gasteiger partial charge is 0.495 e. The standard InChI is InChI=1S/C19H22ClFN2O/c1-12-9-14(3-4-15(12)20)13-5-7-23(8-6-13)18-11-19(24-2)17(22)10-16(18)21/h3-4,9-11,13H,5-8,22H2,1-2H3. The van der Waals surface area contributed by atoms with Gasteiger partial charge >= 0.3 is 0 Å². The van der Waals surface area contributed by atoms with Crippen LogP contribution in [0.15, 0.2) is 30.3 Å². The van der Waals surface area contributed by atoms with E-state index in [0.29, 0.717) is 23.0 Å². The minimum Gasteiger partial charge on any atom is -0.495 e. The van der Waals surface area contributed by atoms with Crippen LogP contribution in [0.3, 0.4) is 0 Å². The number of hydrogen-bond acceptors (Lipinski definition) is 3. The molecule has 1 aliphatic rings. The number of halogens is 2. The van der Waals surface area contributed by atoms with Crippen molar-refractivity contribution in [3.63, 3.8) is 0 Å². The van der Waals surface area contributed by atoms with E-state index in [9.17, 15) is 4.39 Å². The molecule has 0 unspecified atom stereocenters. The van der Waals surface area contributed by atoms with Crippen LogP contribution in [-0.2, 0) is 0 Å². The molecule has 2 N–H and O–H groups in total. The molecule has 24 heavy (non-hydrogen) atoms. The number of benzene rings is 2. The summed E-state index contributed by atoms with van der Waals surface area (Å²) in [6, 6.07) is 9.25. The zero-order chi connectivity index (χ0) is 17.3. The molecule has 0 aliphatic carbocycles. The van der Waals surface area contributed by atoms with E-state index < -0.39 is 0 Å². The van der Waals surface area contributed by atoms with Crippen LogP contribution in [0, 0.1) is 12.7 Å². The Morgan fingerprint density at radius 1 is 1.21 bits per heavy atom. The van der Waals surface area contributed by atoms with Crippen LogP contribution in [0.1, 0.15) is 29.9 Å². The first-order valence-electron chi connectivity index (χ1n) is 8.13. The highest BCUT2D eigenvalue weighted by molar-refractivity contribution is 6.31. The molecule has 0 radical (unpaired) electrons. The van der Waals surface area contributed by atoms with Crippen LogP contribution in [0.25, 0.3) is 0 Å². The van der Waals surface area contributed by atoms with E-state index in [1.165, 1.54) is 11.6 Å². The Morgan fingerprint density at radius 3 is 2.54 bits per heavy atom. The molecule has 5 heteroatoms. The van der Waals surface area contributed by atoms with E-state index in [4.69, 9.17) is 22.1 Å². The van der Waals surface area contributed by atoms with Gasteiger partial charge in [-0.2, -0.15) is 0 Å². The van der Waals surface area contributed by atoms with Crippen molar-refractivity contribution in [2.45, 2.75) is 25.7 Å². The first-order valence-corrected chi connectivity index (χ1v) is 8.51. The number of anilines is 2. The Kier molecular flexibility index (Phi) is 4.86. The average Bonchev–Trinajstić information content (AvgIpc) is 2.58. The first-order chi connectivity index (χ1) is 11.5. The van der Waals surface area contributed by atoms with Gasteiger partial charge in [0.1, 0.15) is 11.6 Å². The molecule has 0 amide bonds. The number of methoxy groups -OCH3 is 1. The predicted molar refractivity (Wildman–Crippen MR) is 97.7 cm³/mol. The Labute approximate surface area is 147 Å². The van der Waals surface area contributed by atoms with Gasteiger partial charge < -0.3 is 15.4 Å². The lowest BCUT2D eigenvalue weighted by molar-refractivity contribution is 0.415. The van der Waals surface area contributed by atoms with Gasteiger partial charge in [-0.15, -0.1) is 0 Å². The molecular formula is C19H22ClFN2O. The van der Waals surface area contributed by atoms with Crippen LogP contribution < -0.4 is 15.4 Å². The van der Waals surface area contributed by atoms with Gasteiger partial charge in [-0.25, -0.2) is 4.39 Å². The fraction of sp³-hybridized carbons (Fsp3) is 0.368. The molecule has 1 fully saturated rings. The van der Waals surface area contributed by atoms with Crippen molar-refractivity contribution in [1.82, 2.24) is 0 Å². The highest BCUT2D eigenvalue weighted by atomic mass is 35.5. The number of rotatable bonds is 3. The molecule has 0 spiro atoms. The maximum Gasteiger partial charge on any atom is 0.148 e. The second-order valence-electron chi connectivity index (χ2n) is 6.32. The molecule has 2 aromatic rings. The molecule has 1 heterocycles. The number of ether oxygens (including phenoxy) is 1. The number of aryl methyl sites for hydroxylation is 1. The van der Waals surface area contributed by atoms with Gasteiger partial charge in [-0.3, -0.25) is 0 Å². The van der Waals surface area contributed by atoms with E-state index in [1.807, 2.05) is 13.0 Å². The Morgan fingerprint density at radius 2 is 1.92 bits per heavy atom. The van der Waals surface area contributed by atoms with Crippen molar-refractivity contribution < 1.29 is 9.13 Å². The molecule has 0 aromatic heterocycles. The van der Waals surface area contributed by atoms with Gasteiger partial charge in [0.25, 0.3) is 0 Å².